The van der Waals surface area contributed by atoms with E-state index in [9.17, 15) is 0 Å². The van der Waals surface area contributed by atoms with Gasteiger partial charge in [-0.1, -0.05) is 45.0 Å². The summed E-state index contributed by atoms with van der Waals surface area (Å²) >= 11 is 0. The fraction of sp³-hybridized carbons (Fsp3) is 0.538. The molecule has 2 nitrogen and oxygen atoms in total. The van der Waals surface area contributed by atoms with E-state index in [2.05, 4.69) is 45.0 Å². The lowest BCUT2D eigenvalue weighted by Crippen LogP contribution is -2.31. The van der Waals surface area contributed by atoms with Gasteiger partial charge in [-0.3, -0.25) is 0 Å². The van der Waals surface area contributed by atoms with E-state index in [0.717, 1.165) is 6.42 Å². The molecule has 1 aromatic rings. The minimum Gasteiger partial charge on any atom is -0.329 e. The third-order valence-electron chi connectivity index (χ3n) is 2.62. The quantitative estimate of drug-likeness (QED) is 0.792. The smallest absolute Gasteiger partial charge is 0.0203 e. The first kappa shape index (κ1) is 12.2. The molecule has 1 atom stereocenters. The molecule has 0 aliphatic heterocycles. The van der Waals surface area contributed by atoms with Crippen molar-refractivity contribution in [1.82, 2.24) is 0 Å². The van der Waals surface area contributed by atoms with Gasteiger partial charge in [0.25, 0.3) is 0 Å². The number of benzene rings is 1. The first-order chi connectivity index (χ1) is 6.93. The fourth-order valence-electron chi connectivity index (χ4n) is 1.53. The van der Waals surface area contributed by atoms with Crippen LogP contribution >= 0.6 is 0 Å². The molecule has 0 radical (unpaired) electrons. The van der Waals surface area contributed by atoms with Gasteiger partial charge in [0, 0.05) is 12.6 Å². The molecule has 1 aromatic carbocycles. The molecule has 0 spiro atoms. The fourth-order valence-corrected chi connectivity index (χ4v) is 1.53. The molecule has 84 valence electrons. The predicted octanol–water partition coefficient (Wildman–Crippen LogP) is 1.81. The van der Waals surface area contributed by atoms with Gasteiger partial charge in [-0.25, -0.2) is 0 Å². The Bertz CT molecular complexity index is 295. The normalized spacial score (nSPS) is 13.9. The highest BCUT2D eigenvalue weighted by molar-refractivity contribution is 5.27. The lowest BCUT2D eigenvalue weighted by atomic mass is 9.86. The van der Waals surface area contributed by atoms with E-state index in [0.29, 0.717) is 6.54 Å². The zero-order valence-corrected chi connectivity index (χ0v) is 9.96. The van der Waals surface area contributed by atoms with Crippen LogP contribution in [0.5, 0.6) is 0 Å². The Balaban J connectivity index is 2.73. The van der Waals surface area contributed by atoms with Crippen LogP contribution in [0.1, 0.15) is 31.9 Å². The van der Waals surface area contributed by atoms with Crippen molar-refractivity contribution in [3.63, 3.8) is 0 Å². The highest BCUT2D eigenvalue weighted by Crippen LogP contribution is 2.22. The van der Waals surface area contributed by atoms with Gasteiger partial charge in [-0.2, -0.15) is 0 Å². The van der Waals surface area contributed by atoms with Crippen molar-refractivity contribution in [2.75, 3.05) is 6.54 Å². The van der Waals surface area contributed by atoms with Crippen LogP contribution in [0.2, 0.25) is 0 Å². The van der Waals surface area contributed by atoms with Crippen molar-refractivity contribution >= 4 is 0 Å². The van der Waals surface area contributed by atoms with E-state index in [1.807, 2.05) is 0 Å². The van der Waals surface area contributed by atoms with Crippen molar-refractivity contribution in [2.24, 2.45) is 11.5 Å². The summed E-state index contributed by atoms with van der Waals surface area (Å²) in [6, 6.07) is 8.73. The standard InChI is InChI=1S/C13H22N2/c1-13(2,3)11-6-4-10(5-7-11)8-12(15)9-14/h4-7,12H,8-9,14-15H2,1-3H3. The van der Waals surface area contributed by atoms with Crippen LogP contribution in [-0.2, 0) is 11.8 Å². The minimum absolute atomic E-state index is 0.0745. The highest BCUT2D eigenvalue weighted by Gasteiger charge is 2.12. The monoisotopic (exact) mass is 206 g/mol. The Morgan fingerprint density at radius 2 is 1.67 bits per heavy atom. The van der Waals surface area contributed by atoms with Gasteiger partial charge >= 0.3 is 0 Å². The first-order valence-corrected chi connectivity index (χ1v) is 5.48. The second-order valence-electron chi connectivity index (χ2n) is 5.15. The molecule has 1 unspecified atom stereocenters. The van der Waals surface area contributed by atoms with E-state index < -0.39 is 0 Å². The summed E-state index contributed by atoms with van der Waals surface area (Å²) in [6.07, 6.45) is 0.862. The lowest BCUT2D eigenvalue weighted by Gasteiger charge is -2.19. The molecule has 0 amide bonds. The Labute approximate surface area is 92.7 Å². The summed E-state index contributed by atoms with van der Waals surface area (Å²) in [5.41, 5.74) is 14.1. The minimum atomic E-state index is 0.0745. The predicted molar refractivity (Wildman–Crippen MR) is 65.9 cm³/mol. The van der Waals surface area contributed by atoms with Crippen LogP contribution in [0.15, 0.2) is 24.3 Å². The molecule has 0 aromatic heterocycles. The van der Waals surface area contributed by atoms with Gasteiger partial charge in [0.1, 0.15) is 0 Å². The second kappa shape index (κ2) is 4.77. The largest absolute Gasteiger partial charge is 0.329 e. The summed E-state index contributed by atoms with van der Waals surface area (Å²) in [5.74, 6) is 0. The van der Waals surface area contributed by atoms with E-state index in [1.54, 1.807) is 0 Å². The van der Waals surface area contributed by atoms with E-state index in [1.165, 1.54) is 11.1 Å². The van der Waals surface area contributed by atoms with Crippen molar-refractivity contribution in [3.8, 4) is 0 Å². The van der Waals surface area contributed by atoms with Crippen LogP contribution < -0.4 is 11.5 Å². The first-order valence-electron chi connectivity index (χ1n) is 5.48. The molecule has 0 heterocycles. The van der Waals surface area contributed by atoms with Gasteiger partial charge in [0.05, 0.1) is 0 Å². The van der Waals surface area contributed by atoms with Crippen LogP contribution in [0.3, 0.4) is 0 Å². The topological polar surface area (TPSA) is 52.0 Å². The maximum atomic E-state index is 5.80. The Hall–Kier alpha value is -0.860. The van der Waals surface area contributed by atoms with Crippen molar-refractivity contribution in [1.29, 1.82) is 0 Å². The average Bonchev–Trinajstić information content (AvgIpc) is 2.17. The number of hydrogen-bond donors (Lipinski definition) is 2. The van der Waals surface area contributed by atoms with Crippen molar-refractivity contribution in [3.05, 3.63) is 35.4 Å². The van der Waals surface area contributed by atoms with Crippen LogP contribution in [0.25, 0.3) is 0 Å². The van der Waals surface area contributed by atoms with Crippen molar-refractivity contribution < 1.29 is 0 Å². The molecular weight excluding hydrogens is 184 g/mol. The van der Waals surface area contributed by atoms with Gasteiger partial charge in [-0.15, -0.1) is 0 Å². The third kappa shape index (κ3) is 3.65. The van der Waals surface area contributed by atoms with Crippen LogP contribution in [0.4, 0.5) is 0 Å². The summed E-state index contributed by atoms with van der Waals surface area (Å²) in [5, 5.41) is 0. The van der Waals surface area contributed by atoms with Crippen LogP contribution in [-0.4, -0.2) is 12.6 Å². The van der Waals surface area contributed by atoms with Gasteiger partial charge in [0.15, 0.2) is 0 Å². The van der Waals surface area contributed by atoms with Crippen molar-refractivity contribution in [2.45, 2.75) is 38.6 Å². The highest BCUT2D eigenvalue weighted by atomic mass is 14.7. The molecular formula is C13H22N2. The summed E-state index contributed by atoms with van der Waals surface area (Å²) in [4.78, 5) is 0. The summed E-state index contributed by atoms with van der Waals surface area (Å²) < 4.78 is 0. The maximum Gasteiger partial charge on any atom is 0.0203 e. The molecule has 0 saturated heterocycles. The SMILES string of the molecule is CC(C)(C)c1ccc(CC(N)CN)cc1. The Morgan fingerprint density at radius 1 is 1.13 bits per heavy atom. The molecule has 1 rings (SSSR count). The second-order valence-corrected chi connectivity index (χ2v) is 5.15. The number of nitrogens with two attached hydrogens (primary N) is 2. The van der Waals surface area contributed by atoms with Gasteiger partial charge in [-0.05, 0) is 23.0 Å². The zero-order chi connectivity index (χ0) is 11.5. The number of hydrogen-bond acceptors (Lipinski definition) is 2. The average molecular weight is 206 g/mol. The zero-order valence-electron chi connectivity index (χ0n) is 9.96. The molecule has 4 N–H and O–H groups in total. The summed E-state index contributed by atoms with van der Waals surface area (Å²) in [6.45, 7) is 7.19. The molecule has 0 fully saturated rings. The molecule has 2 heteroatoms. The Kier molecular flexibility index (Phi) is 3.89. The van der Waals surface area contributed by atoms with E-state index in [4.69, 9.17) is 11.5 Å². The lowest BCUT2D eigenvalue weighted by molar-refractivity contribution is 0.589. The van der Waals surface area contributed by atoms with Gasteiger partial charge in [0.2, 0.25) is 0 Å². The van der Waals surface area contributed by atoms with Crippen LogP contribution in [0, 0.1) is 0 Å². The molecule has 0 aliphatic carbocycles. The molecule has 0 bridgehead atoms. The molecule has 15 heavy (non-hydrogen) atoms. The molecule has 0 saturated carbocycles. The molecule has 0 aliphatic rings. The number of rotatable bonds is 3. The van der Waals surface area contributed by atoms with Gasteiger partial charge < -0.3 is 11.5 Å². The van der Waals surface area contributed by atoms with E-state index in [-0.39, 0.29) is 11.5 Å². The Morgan fingerprint density at radius 3 is 2.07 bits per heavy atom. The summed E-state index contributed by atoms with van der Waals surface area (Å²) in [7, 11) is 0. The van der Waals surface area contributed by atoms with E-state index >= 15 is 0 Å². The third-order valence-corrected chi connectivity index (χ3v) is 2.62. The maximum absolute atomic E-state index is 5.80.